The van der Waals surface area contributed by atoms with Crippen molar-refractivity contribution >= 4 is 5.82 Å². The largest absolute Gasteiger partial charge is 0.362 e. The Kier molecular flexibility index (Phi) is 3.05. The minimum atomic E-state index is -0.345. The van der Waals surface area contributed by atoms with Crippen LogP contribution in [0.25, 0.3) is 0 Å². The zero-order chi connectivity index (χ0) is 11.6. The second-order valence-corrected chi connectivity index (χ2v) is 4.56. The smallest absolute Gasteiger partial charge is 0.186 e. The van der Waals surface area contributed by atoms with Crippen LogP contribution in [0, 0.1) is 12.7 Å². The standard InChI is InChI=1S/C11H17FN4/c1-8-9(12)10(15-7-14-8)16-11(2)3-5-13-6-4-11/h7,13H,3-6H2,1-2H3,(H,14,15,16). The van der Waals surface area contributed by atoms with Crippen LogP contribution in [-0.4, -0.2) is 28.6 Å². The van der Waals surface area contributed by atoms with Crippen molar-refractivity contribution < 1.29 is 4.39 Å². The number of piperidine rings is 1. The van der Waals surface area contributed by atoms with Crippen LogP contribution in [0.2, 0.25) is 0 Å². The van der Waals surface area contributed by atoms with Crippen molar-refractivity contribution in [3.8, 4) is 0 Å². The predicted octanol–water partition coefficient (Wildman–Crippen LogP) is 1.48. The summed E-state index contributed by atoms with van der Waals surface area (Å²) in [6.45, 7) is 5.65. The minimum absolute atomic E-state index is 0.0765. The highest BCUT2D eigenvalue weighted by Gasteiger charge is 2.27. The van der Waals surface area contributed by atoms with E-state index in [0.717, 1.165) is 25.9 Å². The van der Waals surface area contributed by atoms with E-state index in [1.807, 2.05) is 0 Å². The highest BCUT2D eigenvalue weighted by Crippen LogP contribution is 2.24. The van der Waals surface area contributed by atoms with Gasteiger partial charge in [0.15, 0.2) is 11.6 Å². The Bertz CT molecular complexity index is 374. The molecule has 1 saturated heterocycles. The first-order valence-electron chi connectivity index (χ1n) is 5.57. The molecule has 1 aliphatic heterocycles. The van der Waals surface area contributed by atoms with E-state index in [2.05, 4.69) is 27.5 Å². The lowest BCUT2D eigenvalue weighted by molar-refractivity contribution is 0.362. The first kappa shape index (κ1) is 11.3. The molecule has 0 aromatic carbocycles. The summed E-state index contributed by atoms with van der Waals surface area (Å²) in [6, 6.07) is 0. The first-order valence-corrected chi connectivity index (χ1v) is 5.57. The van der Waals surface area contributed by atoms with E-state index < -0.39 is 0 Å². The molecule has 0 radical (unpaired) electrons. The third kappa shape index (κ3) is 2.29. The van der Waals surface area contributed by atoms with Gasteiger partial charge in [-0.3, -0.25) is 0 Å². The zero-order valence-corrected chi connectivity index (χ0v) is 9.68. The number of halogens is 1. The third-order valence-corrected chi connectivity index (χ3v) is 3.09. The van der Waals surface area contributed by atoms with Gasteiger partial charge in [-0.15, -0.1) is 0 Å². The lowest BCUT2D eigenvalue weighted by atomic mass is 9.90. The first-order chi connectivity index (χ1) is 7.61. The second kappa shape index (κ2) is 4.33. The van der Waals surface area contributed by atoms with Crippen LogP contribution >= 0.6 is 0 Å². The summed E-state index contributed by atoms with van der Waals surface area (Å²) in [5.74, 6) is -0.0286. The predicted molar refractivity (Wildman–Crippen MR) is 60.9 cm³/mol. The molecule has 1 aliphatic rings. The van der Waals surface area contributed by atoms with Crippen molar-refractivity contribution in [3.63, 3.8) is 0 Å². The van der Waals surface area contributed by atoms with Crippen molar-refractivity contribution in [2.45, 2.75) is 32.2 Å². The van der Waals surface area contributed by atoms with E-state index in [1.165, 1.54) is 6.33 Å². The van der Waals surface area contributed by atoms with E-state index in [1.54, 1.807) is 6.92 Å². The van der Waals surface area contributed by atoms with Crippen LogP contribution in [0.5, 0.6) is 0 Å². The topological polar surface area (TPSA) is 49.8 Å². The summed E-state index contributed by atoms with van der Waals surface area (Å²) in [5, 5.41) is 6.49. The summed E-state index contributed by atoms with van der Waals surface area (Å²) >= 11 is 0. The molecular weight excluding hydrogens is 207 g/mol. The molecule has 0 unspecified atom stereocenters. The maximum atomic E-state index is 13.7. The zero-order valence-electron chi connectivity index (χ0n) is 9.68. The lowest BCUT2D eigenvalue weighted by Gasteiger charge is -2.35. The summed E-state index contributed by atoms with van der Waals surface area (Å²) in [4.78, 5) is 7.78. The summed E-state index contributed by atoms with van der Waals surface area (Å²) in [7, 11) is 0. The van der Waals surface area contributed by atoms with E-state index in [-0.39, 0.29) is 11.4 Å². The molecular formula is C11H17FN4. The van der Waals surface area contributed by atoms with Gasteiger partial charge in [-0.25, -0.2) is 14.4 Å². The monoisotopic (exact) mass is 224 g/mol. The molecule has 0 amide bonds. The molecule has 88 valence electrons. The molecule has 16 heavy (non-hydrogen) atoms. The molecule has 1 fully saturated rings. The fraction of sp³-hybridized carbons (Fsp3) is 0.636. The van der Waals surface area contributed by atoms with E-state index in [0.29, 0.717) is 11.5 Å². The Morgan fingerprint density at radius 3 is 2.75 bits per heavy atom. The second-order valence-electron chi connectivity index (χ2n) is 4.56. The quantitative estimate of drug-likeness (QED) is 0.799. The fourth-order valence-corrected chi connectivity index (χ4v) is 1.93. The van der Waals surface area contributed by atoms with Crippen LogP contribution in [0.4, 0.5) is 10.2 Å². The van der Waals surface area contributed by atoms with Crippen molar-refractivity contribution in [2.24, 2.45) is 0 Å². The van der Waals surface area contributed by atoms with Crippen LogP contribution < -0.4 is 10.6 Å². The fourth-order valence-electron chi connectivity index (χ4n) is 1.93. The number of aromatic nitrogens is 2. The van der Waals surface area contributed by atoms with Gasteiger partial charge in [0.2, 0.25) is 0 Å². The van der Waals surface area contributed by atoms with Crippen LogP contribution in [0.1, 0.15) is 25.5 Å². The van der Waals surface area contributed by atoms with E-state index in [4.69, 9.17) is 0 Å². The van der Waals surface area contributed by atoms with Gasteiger partial charge in [-0.1, -0.05) is 0 Å². The normalized spacial score (nSPS) is 19.4. The summed E-state index contributed by atoms with van der Waals surface area (Å²) in [6.07, 6.45) is 3.33. The molecule has 2 rings (SSSR count). The van der Waals surface area contributed by atoms with Crippen LogP contribution in [0.3, 0.4) is 0 Å². The van der Waals surface area contributed by atoms with Gasteiger partial charge in [-0.2, -0.15) is 0 Å². The lowest BCUT2D eigenvalue weighted by Crippen LogP contribution is -2.45. The van der Waals surface area contributed by atoms with Crippen molar-refractivity contribution in [2.75, 3.05) is 18.4 Å². The number of hydrogen-bond acceptors (Lipinski definition) is 4. The molecule has 2 heterocycles. The van der Waals surface area contributed by atoms with Gasteiger partial charge in [0.05, 0.1) is 5.69 Å². The Morgan fingerprint density at radius 2 is 2.06 bits per heavy atom. The number of anilines is 1. The molecule has 1 aromatic heterocycles. The van der Waals surface area contributed by atoms with Gasteiger partial charge in [0.1, 0.15) is 6.33 Å². The minimum Gasteiger partial charge on any atom is -0.362 e. The van der Waals surface area contributed by atoms with Crippen molar-refractivity contribution in [3.05, 3.63) is 17.8 Å². The molecule has 4 nitrogen and oxygen atoms in total. The molecule has 5 heteroatoms. The van der Waals surface area contributed by atoms with Gasteiger partial charge in [-0.05, 0) is 39.8 Å². The number of hydrogen-bond donors (Lipinski definition) is 2. The highest BCUT2D eigenvalue weighted by molar-refractivity contribution is 5.40. The molecule has 0 atom stereocenters. The van der Waals surface area contributed by atoms with Crippen molar-refractivity contribution in [1.82, 2.24) is 15.3 Å². The Morgan fingerprint density at radius 1 is 1.38 bits per heavy atom. The highest BCUT2D eigenvalue weighted by atomic mass is 19.1. The Hall–Kier alpha value is -1.23. The van der Waals surface area contributed by atoms with Crippen LogP contribution in [0.15, 0.2) is 6.33 Å². The van der Waals surface area contributed by atoms with E-state index >= 15 is 0 Å². The average molecular weight is 224 g/mol. The Labute approximate surface area is 94.7 Å². The maximum Gasteiger partial charge on any atom is 0.186 e. The molecule has 0 aliphatic carbocycles. The average Bonchev–Trinajstić information content (AvgIpc) is 2.26. The van der Waals surface area contributed by atoms with Gasteiger partial charge in [0.25, 0.3) is 0 Å². The van der Waals surface area contributed by atoms with Gasteiger partial charge in [0, 0.05) is 5.54 Å². The number of nitrogens with zero attached hydrogens (tertiary/aromatic N) is 2. The number of nitrogens with one attached hydrogen (secondary N) is 2. The maximum absolute atomic E-state index is 13.7. The van der Waals surface area contributed by atoms with Gasteiger partial charge < -0.3 is 10.6 Å². The molecule has 1 aromatic rings. The van der Waals surface area contributed by atoms with E-state index in [9.17, 15) is 4.39 Å². The third-order valence-electron chi connectivity index (χ3n) is 3.09. The number of rotatable bonds is 2. The summed E-state index contributed by atoms with van der Waals surface area (Å²) < 4.78 is 13.7. The van der Waals surface area contributed by atoms with Crippen LogP contribution in [-0.2, 0) is 0 Å². The Balaban J connectivity index is 2.16. The molecule has 0 saturated carbocycles. The molecule has 2 N–H and O–H groups in total. The summed E-state index contributed by atoms with van der Waals surface area (Å²) in [5.41, 5.74) is 0.308. The number of aryl methyl sites for hydroxylation is 1. The SMILES string of the molecule is Cc1ncnc(NC2(C)CCNCC2)c1F. The van der Waals surface area contributed by atoms with Gasteiger partial charge >= 0.3 is 0 Å². The van der Waals surface area contributed by atoms with Crippen molar-refractivity contribution in [1.29, 1.82) is 0 Å². The molecule has 0 spiro atoms. The molecule has 0 bridgehead atoms.